The molecule has 0 aliphatic heterocycles. The van der Waals surface area contributed by atoms with E-state index in [0.29, 0.717) is 17.3 Å². The van der Waals surface area contributed by atoms with Crippen LogP contribution in [0, 0.1) is 5.92 Å². The van der Waals surface area contributed by atoms with Crippen molar-refractivity contribution < 1.29 is 10.0 Å². The lowest BCUT2D eigenvalue weighted by molar-refractivity contribution is -0.123. The minimum Gasteiger partial charge on any atom is -0.409 e. The summed E-state index contributed by atoms with van der Waals surface area (Å²) in [5.41, 5.74) is 5.50. The van der Waals surface area contributed by atoms with Gasteiger partial charge in [0.15, 0.2) is 5.84 Å². The maximum atomic E-state index is 11.9. The number of nitrogens with zero attached hydrogens (tertiary/aromatic N) is 1. The molecule has 1 atom stereocenters. The van der Waals surface area contributed by atoms with Gasteiger partial charge in [-0.25, -0.2) is 0 Å². The average Bonchev–Trinajstić information content (AvgIpc) is 2.78. The molecule has 1 heterocycles. The smallest absolute Gasteiger partial charge is 0.231 e. The first kappa shape index (κ1) is 14.8. The molecule has 0 aliphatic carbocycles. The highest BCUT2D eigenvalue weighted by Gasteiger charge is 2.21. The predicted octanol–water partition coefficient (Wildman–Crippen LogP) is 2.18. The van der Waals surface area contributed by atoms with Crippen LogP contribution in [-0.4, -0.2) is 17.0 Å². The second-order valence-electron chi connectivity index (χ2n) is 3.79. The van der Waals surface area contributed by atoms with Gasteiger partial charge >= 0.3 is 0 Å². The Kier molecular flexibility index (Phi) is 5.94. The molecule has 1 amide bonds. The van der Waals surface area contributed by atoms with Gasteiger partial charge in [-0.1, -0.05) is 30.1 Å². The van der Waals surface area contributed by atoms with Crippen molar-refractivity contribution in [3.05, 3.63) is 21.3 Å². The molecule has 0 saturated heterocycles. The Balaban J connectivity index is 2.56. The van der Waals surface area contributed by atoms with Crippen LogP contribution < -0.4 is 11.1 Å². The quantitative estimate of drug-likeness (QED) is 0.325. The third-order valence-corrected chi connectivity index (χ3v) is 3.66. The summed E-state index contributed by atoms with van der Waals surface area (Å²) in [6.07, 6.45) is 1.33. The molecule has 1 unspecified atom stereocenters. The van der Waals surface area contributed by atoms with Crippen molar-refractivity contribution in [1.29, 1.82) is 0 Å². The molecule has 0 bridgehead atoms. The molecule has 0 radical (unpaired) electrons. The van der Waals surface area contributed by atoms with E-state index in [2.05, 4.69) is 10.5 Å². The van der Waals surface area contributed by atoms with E-state index in [1.54, 1.807) is 6.07 Å². The van der Waals surface area contributed by atoms with E-state index in [-0.39, 0.29) is 11.7 Å². The van der Waals surface area contributed by atoms with Crippen LogP contribution in [-0.2, 0) is 11.3 Å². The lowest BCUT2D eigenvalue weighted by Crippen LogP contribution is -2.38. The molecule has 0 aromatic carbocycles. The van der Waals surface area contributed by atoms with E-state index >= 15 is 0 Å². The normalized spacial score (nSPS) is 13.3. The van der Waals surface area contributed by atoms with Crippen LogP contribution in [0.4, 0.5) is 0 Å². The summed E-state index contributed by atoms with van der Waals surface area (Å²) in [5, 5.41) is 14.3. The zero-order chi connectivity index (χ0) is 13.5. The van der Waals surface area contributed by atoms with Gasteiger partial charge in [0.1, 0.15) is 0 Å². The Morgan fingerprint density at radius 1 is 1.67 bits per heavy atom. The highest BCUT2D eigenvalue weighted by molar-refractivity contribution is 7.16. The van der Waals surface area contributed by atoms with Crippen LogP contribution >= 0.6 is 22.9 Å². The second kappa shape index (κ2) is 7.23. The molecule has 1 rings (SSSR count). The van der Waals surface area contributed by atoms with Gasteiger partial charge in [0.25, 0.3) is 0 Å². The number of amidine groups is 1. The van der Waals surface area contributed by atoms with E-state index in [1.807, 2.05) is 13.0 Å². The number of rotatable bonds is 6. The molecule has 0 aliphatic rings. The fraction of sp³-hybridized carbons (Fsp3) is 0.455. The third kappa shape index (κ3) is 4.19. The fourth-order valence-corrected chi connectivity index (χ4v) is 2.54. The molecule has 1 aromatic rings. The molecule has 7 heteroatoms. The van der Waals surface area contributed by atoms with Crippen molar-refractivity contribution in [1.82, 2.24) is 5.32 Å². The van der Waals surface area contributed by atoms with Crippen molar-refractivity contribution >= 4 is 34.7 Å². The van der Waals surface area contributed by atoms with Crippen LogP contribution in [0.25, 0.3) is 0 Å². The number of hydrogen-bond acceptors (Lipinski definition) is 4. The van der Waals surface area contributed by atoms with Crippen molar-refractivity contribution in [2.24, 2.45) is 16.8 Å². The Bertz CT molecular complexity index is 434. The Morgan fingerprint density at radius 3 is 2.89 bits per heavy atom. The first-order valence-electron chi connectivity index (χ1n) is 5.57. The predicted molar refractivity (Wildman–Crippen MR) is 73.0 cm³/mol. The van der Waals surface area contributed by atoms with Gasteiger partial charge in [0.05, 0.1) is 16.8 Å². The highest BCUT2D eigenvalue weighted by Crippen LogP contribution is 2.21. The number of carbonyl (C=O) groups excluding carboxylic acids is 1. The van der Waals surface area contributed by atoms with Crippen LogP contribution in [0.3, 0.4) is 0 Å². The lowest BCUT2D eigenvalue weighted by Gasteiger charge is -2.14. The number of nitrogens with two attached hydrogens (primary N) is 1. The summed E-state index contributed by atoms with van der Waals surface area (Å²) in [6, 6.07) is 3.63. The standard InChI is InChI=1S/C11H16ClN3O2S/c1-2-3-8(10(13)15-17)11(16)14-6-7-4-5-9(12)18-7/h4-5,8,17H,2-3,6H2,1H3,(H2,13,15)(H,14,16). The topological polar surface area (TPSA) is 87.7 Å². The van der Waals surface area contributed by atoms with Gasteiger partial charge in [-0.15, -0.1) is 11.3 Å². The first-order chi connectivity index (χ1) is 8.58. The van der Waals surface area contributed by atoms with Crippen LogP contribution in [0.15, 0.2) is 17.3 Å². The van der Waals surface area contributed by atoms with E-state index in [9.17, 15) is 4.79 Å². The molecular formula is C11H16ClN3O2S. The maximum Gasteiger partial charge on any atom is 0.231 e. The Hall–Kier alpha value is -1.27. The number of nitrogens with one attached hydrogen (secondary N) is 1. The average molecular weight is 290 g/mol. The van der Waals surface area contributed by atoms with E-state index in [1.165, 1.54) is 11.3 Å². The molecule has 5 nitrogen and oxygen atoms in total. The maximum absolute atomic E-state index is 11.9. The number of oxime groups is 1. The van der Waals surface area contributed by atoms with E-state index < -0.39 is 5.92 Å². The van der Waals surface area contributed by atoms with Gasteiger partial charge in [0.2, 0.25) is 5.91 Å². The lowest BCUT2D eigenvalue weighted by atomic mass is 10.0. The van der Waals surface area contributed by atoms with Gasteiger partial charge in [0, 0.05) is 4.88 Å². The molecule has 0 spiro atoms. The minimum atomic E-state index is -0.588. The van der Waals surface area contributed by atoms with Crippen LogP contribution in [0.1, 0.15) is 24.6 Å². The number of carbonyl (C=O) groups is 1. The van der Waals surface area contributed by atoms with E-state index in [0.717, 1.165) is 11.3 Å². The Morgan fingerprint density at radius 2 is 2.39 bits per heavy atom. The zero-order valence-electron chi connectivity index (χ0n) is 10.0. The SMILES string of the molecule is CCCC(C(=O)NCc1ccc(Cl)s1)C(N)=NO. The highest BCUT2D eigenvalue weighted by atomic mass is 35.5. The molecule has 18 heavy (non-hydrogen) atoms. The summed E-state index contributed by atoms with van der Waals surface area (Å²) in [4.78, 5) is 12.9. The molecule has 100 valence electrons. The summed E-state index contributed by atoms with van der Waals surface area (Å²) in [6.45, 7) is 2.33. The van der Waals surface area contributed by atoms with Gasteiger partial charge < -0.3 is 16.3 Å². The van der Waals surface area contributed by atoms with Crippen molar-refractivity contribution in [3.63, 3.8) is 0 Å². The Labute approximate surface area is 115 Å². The summed E-state index contributed by atoms with van der Waals surface area (Å²) >= 11 is 7.20. The van der Waals surface area contributed by atoms with Crippen LogP contribution in [0.2, 0.25) is 4.34 Å². The monoisotopic (exact) mass is 289 g/mol. The molecular weight excluding hydrogens is 274 g/mol. The molecule has 1 aromatic heterocycles. The third-order valence-electron chi connectivity index (χ3n) is 2.43. The summed E-state index contributed by atoms with van der Waals surface area (Å²) in [5.74, 6) is -0.884. The molecule has 4 N–H and O–H groups in total. The minimum absolute atomic E-state index is 0.0569. The summed E-state index contributed by atoms with van der Waals surface area (Å²) in [7, 11) is 0. The first-order valence-corrected chi connectivity index (χ1v) is 6.77. The largest absolute Gasteiger partial charge is 0.409 e. The number of hydrogen-bond donors (Lipinski definition) is 3. The van der Waals surface area contributed by atoms with Crippen molar-refractivity contribution in [2.75, 3.05) is 0 Å². The summed E-state index contributed by atoms with van der Waals surface area (Å²) < 4.78 is 0.681. The fourth-order valence-electron chi connectivity index (χ4n) is 1.52. The number of halogens is 1. The number of amides is 1. The van der Waals surface area contributed by atoms with Gasteiger partial charge in [-0.3, -0.25) is 4.79 Å². The van der Waals surface area contributed by atoms with Crippen LogP contribution in [0.5, 0.6) is 0 Å². The number of thiophene rings is 1. The van der Waals surface area contributed by atoms with Crippen molar-refractivity contribution in [2.45, 2.75) is 26.3 Å². The van der Waals surface area contributed by atoms with Crippen molar-refractivity contribution in [3.8, 4) is 0 Å². The molecule has 0 fully saturated rings. The molecule has 0 saturated carbocycles. The van der Waals surface area contributed by atoms with Gasteiger partial charge in [-0.05, 0) is 18.6 Å². The van der Waals surface area contributed by atoms with Gasteiger partial charge in [-0.2, -0.15) is 0 Å². The van der Waals surface area contributed by atoms with E-state index in [4.69, 9.17) is 22.5 Å². The second-order valence-corrected chi connectivity index (χ2v) is 5.59. The zero-order valence-corrected chi connectivity index (χ0v) is 11.6.